The molecule has 0 saturated carbocycles. The van der Waals surface area contributed by atoms with Gasteiger partial charge in [-0.1, -0.05) is 36.2 Å². The molecule has 1 aliphatic rings. The summed E-state index contributed by atoms with van der Waals surface area (Å²) in [5.41, 5.74) is 1.35. The van der Waals surface area contributed by atoms with E-state index in [0.717, 1.165) is 17.9 Å². The summed E-state index contributed by atoms with van der Waals surface area (Å²) in [6, 6.07) is 0. The normalized spacial score (nSPS) is 21.5. The van der Waals surface area contributed by atoms with Gasteiger partial charge in [0.1, 0.15) is 0 Å². The molecule has 12 heavy (non-hydrogen) atoms. The summed E-state index contributed by atoms with van der Waals surface area (Å²) in [5, 5.41) is 0.852. The van der Waals surface area contributed by atoms with Crippen molar-refractivity contribution in [3.8, 4) is 0 Å². The van der Waals surface area contributed by atoms with E-state index >= 15 is 0 Å². The first kappa shape index (κ1) is 9.60. The zero-order chi connectivity index (χ0) is 8.81. The molecule has 0 unspecified atom stereocenters. The molecule has 0 aromatic heterocycles. The van der Waals surface area contributed by atoms with Gasteiger partial charge in [0.15, 0.2) is 0 Å². The molecule has 0 saturated heterocycles. The lowest BCUT2D eigenvalue weighted by atomic mass is 10.1. The molecule has 66 valence electrons. The Morgan fingerprint density at radius 2 is 2.25 bits per heavy atom. The molecular weight excluding hydrogens is 168 g/mol. The maximum absolute atomic E-state index is 5.97. The minimum atomic E-state index is 0.852. The van der Waals surface area contributed by atoms with Crippen molar-refractivity contribution >= 4 is 11.6 Å². The van der Waals surface area contributed by atoms with Gasteiger partial charge in [-0.3, -0.25) is 0 Å². The van der Waals surface area contributed by atoms with E-state index in [1.807, 2.05) is 6.08 Å². The second-order valence-corrected chi connectivity index (χ2v) is 3.43. The average molecular weight is 183 g/mol. The van der Waals surface area contributed by atoms with Crippen LogP contribution in [0.3, 0.4) is 0 Å². The fourth-order valence-corrected chi connectivity index (χ4v) is 1.48. The number of hydrogen-bond donors (Lipinski definition) is 0. The molecular formula is C11H15Cl. The second kappa shape index (κ2) is 5.21. The quantitative estimate of drug-likeness (QED) is 0.571. The highest BCUT2D eigenvalue weighted by atomic mass is 35.5. The standard InChI is InChI=1S/C11H15Cl/c1-2-10-7-5-3-4-6-8-11(12)9-10/h6-9H,2-5H2,1H3/b8-6+,10-7?,11-9?. The van der Waals surface area contributed by atoms with Crippen molar-refractivity contribution < 1.29 is 0 Å². The van der Waals surface area contributed by atoms with Crippen molar-refractivity contribution in [3.63, 3.8) is 0 Å². The van der Waals surface area contributed by atoms with Crippen LogP contribution in [0.15, 0.2) is 34.9 Å². The summed E-state index contributed by atoms with van der Waals surface area (Å²) in [7, 11) is 0. The van der Waals surface area contributed by atoms with Gasteiger partial charge in [-0.2, -0.15) is 0 Å². The Kier molecular flexibility index (Phi) is 4.16. The largest absolute Gasteiger partial charge is 0.0843 e. The first-order valence-corrected chi connectivity index (χ1v) is 4.93. The van der Waals surface area contributed by atoms with E-state index in [9.17, 15) is 0 Å². The fourth-order valence-electron chi connectivity index (χ4n) is 1.25. The summed E-state index contributed by atoms with van der Waals surface area (Å²) >= 11 is 5.97. The van der Waals surface area contributed by atoms with E-state index < -0.39 is 0 Å². The van der Waals surface area contributed by atoms with Crippen molar-refractivity contribution in [1.82, 2.24) is 0 Å². The van der Waals surface area contributed by atoms with Crippen LogP contribution < -0.4 is 0 Å². The Hall–Kier alpha value is -0.490. The summed E-state index contributed by atoms with van der Waals surface area (Å²) < 4.78 is 0. The Bertz CT molecular complexity index is 221. The van der Waals surface area contributed by atoms with E-state index in [2.05, 4.69) is 25.2 Å². The van der Waals surface area contributed by atoms with Gasteiger partial charge in [0.05, 0.1) is 0 Å². The van der Waals surface area contributed by atoms with E-state index in [-0.39, 0.29) is 0 Å². The van der Waals surface area contributed by atoms with Crippen molar-refractivity contribution in [2.75, 3.05) is 0 Å². The highest BCUT2D eigenvalue weighted by Crippen LogP contribution is 2.15. The van der Waals surface area contributed by atoms with Crippen LogP contribution in [-0.4, -0.2) is 0 Å². The van der Waals surface area contributed by atoms with Crippen molar-refractivity contribution in [2.24, 2.45) is 0 Å². The van der Waals surface area contributed by atoms with Gasteiger partial charge in [0.2, 0.25) is 0 Å². The number of allylic oxidation sites excluding steroid dienone is 6. The third-order valence-corrected chi connectivity index (χ3v) is 2.23. The van der Waals surface area contributed by atoms with Crippen LogP contribution in [0.4, 0.5) is 0 Å². The Labute approximate surface area is 79.6 Å². The fraction of sp³-hybridized carbons (Fsp3) is 0.455. The maximum Gasteiger partial charge on any atom is 0.0405 e. The van der Waals surface area contributed by atoms with Gasteiger partial charge in [-0.15, -0.1) is 0 Å². The summed E-state index contributed by atoms with van der Waals surface area (Å²) in [6.45, 7) is 2.16. The minimum absolute atomic E-state index is 0.852. The maximum atomic E-state index is 5.97. The SMILES string of the molecule is CCC1=CCCC/C=C/C(Cl)=C1. The van der Waals surface area contributed by atoms with Crippen molar-refractivity contribution in [2.45, 2.75) is 32.6 Å². The van der Waals surface area contributed by atoms with Crippen LogP contribution in [-0.2, 0) is 0 Å². The summed E-state index contributed by atoms with van der Waals surface area (Å²) in [6.07, 6.45) is 13.1. The molecule has 0 spiro atoms. The molecule has 0 aromatic rings. The predicted molar refractivity (Wildman–Crippen MR) is 55.3 cm³/mol. The molecule has 0 aliphatic heterocycles. The van der Waals surface area contributed by atoms with Crippen LogP contribution in [0.25, 0.3) is 0 Å². The first-order valence-electron chi connectivity index (χ1n) is 4.55. The van der Waals surface area contributed by atoms with Crippen LogP contribution in [0.1, 0.15) is 32.6 Å². The van der Waals surface area contributed by atoms with Crippen LogP contribution in [0, 0.1) is 0 Å². The summed E-state index contributed by atoms with van der Waals surface area (Å²) in [5.74, 6) is 0. The average Bonchev–Trinajstić information content (AvgIpc) is 2.16. The van der Waals surface area contributed by atoms with Crippen molar-refractivity contribution in [1.29, 1.82) is 0 Å². The second-order valence-electron chi connectivity index (χ2n) is 3.00. The zero-order valence-corrected chi connectivity index (χ0v) is 8.27. The Balaban J connectivity index is 2.76. The van der Waals surface area contributed by atoms with Crippen LogP contribution in [0.5, 0.6) is 0 Å². The highest BCUT2D eigenvalue weighted by Gasteiger charge is 1.94. The highest BCUT2D eigenvalue weighted by molar-refractivity contribution is 6.31. The van der Waals surface area contributed by atoms with Crippen molar-refractivity contribution in [3.05, 3.63) is 34.9 Å². The molecule has 0 bridgehead atoms. The molecule has 0 fully saturated rings. The van der Waals surface area contributed by atoms with E-state index in [1.165, 1.54) is 18.4 Å². The molecule has 1 heteroatoms. The Morgan fingerprint density at radius 1 is 1.42 bits per heavy atom. The van der Waals surface area contributed by atoms with Gasteiger partial charge in [0, 0.05) is 5.03 Å². The molecule has 0 heterocycles. The molecule has 0 N–H and O–H groups in total. The smallest absolute Gasteiger partial charge is 0.0405 e. The monoisotopic (exact) mass is 182 g/mol. The van der Waals surface area contributed by atoms with Gasteiger partial charge in [-0.05, 0) is 37.8 Å². The number of hydrogen-bond acceptors (Lipinski definition) is 0. The molecule has 1 rings (SSSR count). The summed E-state index contributed by atoms with van der Waals surface area (Å²) in [4.78, 5) is 0. The van der Waals surface area contributed by atoms with Gasteiger partial charge >= 0.3 is 0 Å². The minimum Gasteiger partial charge on any atom is -0.0843 e. The van der Waals surface area contributed by atoms with Gasteiger partial charge < -0.3 is 0 Å². The predicted octanol–water partition coefficient (Wildman–Crippen LogP) is 4.19. The van der Waals surface area contributed by atoms with Gasteiger partial charge in [-0.25, -0.2) is 0 Å². The number of halogens is 1. The topological polar surface area (TPSA) is 0 Å². The third kappa shape index (κ3) is 3.27. The molecule has 1 aliphatic carbocycles. The number of rotatable bonds is 1. The van der Waals surface area contributed by atoms with E-state index in [1.54, 1.807) is 0 Å². The van der Waals surface area contributed by atoms with Crippen LogP contribution >= 0.6 is 11.6 Å². The molecule has 0 amide bonds. The lowest BCUT2D eigenvalue weighted by Crippen LogP contribution is -1.76. The molecule has 0 aromatic carbocycles. The zero-order valence-electron chi connectivity index (χ0n) is 7.52. The lowest BCUT2D eigenvalue weighted by Gasteiger charge is -1.96. The first-order chi connectivity index (χ1) is 5.83. The third-order valence-electron chi connectivity index (χ3n) is 1.99. The molecule has 0 atom stereocenters. The Morgan fingerprint density at radius 3 is 3.00 bits per heavy atom. The van der Waals surface area contributed by atoms with Gasteiger partial charge in [0.25, 0.3) is 0 Å². The van der Waals surface area contributed by atoms with E-state index in [0.29, 0.717) is 0 Å². The lowest BCUT2D eigenvalue weighted by molar-refractivity contribution is 0.862. The van der Waals surface area contributed by atoms with E-state index in [4.69, 9.17) is 11.6 Å². The van der Waals surface area contributed by atoms with Crippen LogP contribution in [0.2, 0.25) is 0 Å². The molecule has 0 radical (unpaired) electrons. The molecule has 0 nitrogen and oxygen atoms in total.